The number of hydrogen-bond donors (Lipinski definition) is 2. The number of alkyl halides is 2. The van der Waals surface area contributed by atoms with Crippen LogP contribution in [0.3, 0.4) is 0 Å². The second-order valence-electron chi connectivity index (χ2n) is 8.57. The van der Waals surface area contributed by atoms with Crippen LogP contribution in [0, 0.1) is 5.92 Å². The lowest BCUT2D eigenvalue weighted by Crippen LogP contribution is -2.51. The quantitative estimate of drug-likeness (QED) is 0.653. The highest BCUT2D eigenvalue weighted by molar-refractivity contribution is 5.98. The number of H-pyrrole nitrogens is 1. The Kier molecular flexibility index (Phi) is 4.96. The molecule has 8 nitrogen and oxygen atoms in total. The lowest BCUT2D eigenvalue weighted by molar-refractivity contribution is -0.144. The molecular formula is C22H24F2N6O2. The van der Waals surface area contributed by atoms with Gasteiger partial charge in [0.2, 0.25) is 5.91 Å². The van der Waals surface area contributed by atoms with Crippen LogP contribution in [0.2, 0.25) is 0 Å². The zero-order valence-corrected chi connectivity index (χ0v) is 17.6. The van der Waals surface area contributed by atoms with Gasteiger partial charge in [-0.05, 0) is 32.1 Å². The molecule has 0 bridgehead atoms. The van der Waals surface area contributed by atoms with Crippen molar-refractivity contribution in [1.82, 2.24) is 24.6 Å². The summed E-state index contributed by atoms with van der Waals surface area (Å²) >= 11 is 0. The Morgan fingerprint density at radius 1 is 1.19 bits per heavy atom. The Morgan fingerprint density at radius 2 is 2.00 bits per heavy atom. The van der Waals surface area contributed by atoms with Crippen LogP contribution in [0.4, 0.5) is 14.6 Å². The van der Waals surface area contributed by atoms with Gasteiger partial charge in [-0.3, -0.25) is 14.3 Å². The van der Waals surface area contributed by atoms with Gasteiger partial charge < -0.3 is 20.1 Å². The van der Waals surface area contributed by atoms with Crippen molar-refractivity contribution in [3.8, 4) is 0 Å². The number of para-hydroxylation sites is 1. The molecule has 3 aromatic rings. The molecule has 4 heterocycles. The van der Waals surface area contributed by atoms with E-state index in [1.807, 2.05) is 30.3 Å². The third-order valence-electron chi connectivity index (χ3n) is 6.20. The predicted molar refractivity (Wildman–Crippen MR) is 114 cm³/mol. The molecule has 2 N–H and O–H groups in total. The summed E-state index contributed by atoms with van der Waals surface area (Å²) in [7, 11) is 1.62. The first kappa shape index (κ1) is 20.6. The van der Waals surface area contributed by atoms with Crippen molar-refractivity contribution >= 4 is 28.5 Å². The number of amides is 2. The van der Waals surface area contributed by atoms with E-state index in [2.05, 4.69) is 15.4 Å². The van der Waals surface area contributed by atoms with Crippen LogP contribution in [0.25, 0.3) is 10.9 Å². The molecule has 5 rings (SSSR count). The molecular weight excluding hydrogens is 418 g/mol. The molecule has 0 aliphatic carbocycles. The molecule has 2 aromatic heterocycles. The molecule has 2 amide bonds. The number of anilines is 1. The summed E-state index contributed by atoms with van der Waals surface area (Å²) in [4.78, 5) is 31.9. The summed E-state index contributed by atoms with van der Waals surface area (Å²) in [6.07, 6.45) is 0.0929. The van der Waals surface area contributed by atoms with E-state index in [4.69, 9.17) is 0 Å². The first-order valence-electron chi connectivity index (χ1n) is 10.6. The topological polar surface area (TPSA) is 86.3 Å². The van der Waals surface area contributed by atoms with Gasteiger partial charge in [-0.15, -0.1) is 0 Å². The highest BCUT2D eigenvalue weighted by Gasteiger charge is 2.47. The van der Waals surface area contributed by atoms with E-state index < -0.39 is 24.3 Å². The summed E-state index contributed by atoms with van der Waals surface area (Å²) in [5.74, 6) is -5.06. The smallest absolute Gasteiger partial charge is 0.272 e. The van der Waals surface area contributed by atoms with Crippen LogP contribution < -0.4 is 5.32 Å². The monoisotopic (exact) mass is 442 g/mol. The lowest BCUT2D eigenvalue weighted by atomic mass is 9.92. The number of aromatic amines is 1. The van der Waals surface area contributed by atoms with Crippen molar-refractivity contribution in [2.45, 2.75) is 25.4 Å². The van der Waals surface area contributed by atoms with Gasteiger partial charge in [-0.2, -0.15) is 5.10 Å². The van der Waals surface area contributed by atoms with E-state index >= 15 is 0 Å². The normalized spacial score (nSPS) is 20.8. The number of halogens is 2. The zero-order chi connectivity index (χ0) is 22.5. The van der Waals surface area contributed by atoms with Gasteiger partial charge in [-0.25, -0.2) is 8.78 Å². The molecule has 0 saturated carbocycles. The molecule has 2 aliphatic rings. The molecule has 0 spiro atoms. The van der Waals surface area contributed by atoms with Crippen molar-refractivity contribution in [2.24, 2.45) is 5.92 Å². The number of piperidine rings is 1. The fourth-order valence-electron chi connectivity index (χ4n) is 4.51. The van der Waals surface area contributed by atoms with Crippen molar-refractivity contribution in [1.29, 1.82) is 0 Å². The number of carbonyl (C=O) groups is 2. The van der Waals surface area contributed by atoms with Gasteiger partial charge in [0.15, 0.2) is 5.82 Å². The third kappa shape index (κ3) is 3.75. The van der Waals surface area contributed by atoms with Crippen molar-refractivity contribution in [3.63, 3.8) is 0 Å². The van der Waals surface area contributed by atoms with Crippen LogP contribution in [0.5, 0.6) is 0 Å². The summed E-state index contributed by atoms with van der Waals surface area (Å²) < 4.78 is 30.3. The molecule has 1 atom stereocenters. The summed E-state index contributed by atoms with van der Waals surface area (Å²) in [5.41, 5.74) is 2.15. The van der Waals surface area contributed by atoms with Crippen molar-refractivity contribution in [3.05, 3.63) is 47.8 Å². The Bertz CT molecular complexity index is 1150. The number of fused-ring (bicyclic) bond motifs is 2. The van der Waals surface area contributed by atoms with Crippen LogP contribution >= 0.6 is 0 Å². The molecule has 32 heavy (non-hydrogen) atoms. The van der Waals surface area contributed by atoms with E-state index in [1.165, 1.54) is 4.90 Å². The van der Waals surface area contributed by atoms with Crippen molar-refractivity contribution in [2.75, 3.05) is 32.0 Å². The molecule has 0 radical (unpaired) electrons. The second-order valence-corrected chi connectivity index (χ2v) is 8.57. The number of nitrogens with zero attached hydrogens (tertiary/aromatic N) is 4. The number of rotatable bonds is 3. The maximum Gasteiger partial charge on any atom is 0.272 e. The second kappa shape index (κ2) is 7.70. The zero-order valence-electron chi connectivity index (χ0n) is 17.6. The van der Waals surface area contributed by atoms with Gasteiger partial charge in [0, 0.05) is 23.5 Å². The predicted octanol–water partition coefficient (Wildman–Crippen LogP) is 2.55. The SMILES string of the molecule is CN1CCC(C(=O)Nc2cc3n(n2)CCN(C(=O)c2cc4ccccc4[nH]2)C3)C(F)(F)C1. The van der Waals surface area contributed by atoms with E-state index in [0.29, 0.717) is 31.9 Å². The molecule has 1 aromatic carbocycles. The largest absolute Gasteiger partial charge is 0.351 e. The molecule has 1 fully saturated rings. The van der Waals surface area contributed by atoms with Crippen LogP contribution in [-0.2, 0) is 17.9 Å². The number of nitrogens with one attached hydrogen (secondary N) is 2. The number of hydrogen-bond acceptors (Lipinski definition) is 4. The molecule has 2 aliphatic heterocycles. The van der Waals surface area contributed by atoms with Crippen molar-refractivity contribution < 1.29 is 18.4 Å². The minimum atomic E-state index is -3.08. The van der Waals surface area contributed by atoms with Gasteiger partial charge in [0.25, 0.3) is 11.8 Å². The summed E-state index contributed by atoms with van der Waals surface area (Å²) in [6, 6.07) is 11.2. The maximum atomic E-state index is 14.3. The van der Waals surface area contributed by atoms with E-state index in [-0.39, 0.29) is 18.1 Å². The third-order valence-corrected chi connectivity index (χ3v) is 6.20. The highest BCUT2D eigenvalue weighted by atomic mass is 19.3. The number of carbonyl (C=O) groups excluding carboxylic acids is 2. The average Bonchev–Trinajstić information content (AvgIpc) is 3.35. The maximum absolute atomic E-state index is 14.3. The van der Waals surface area contributed by atoms with Gasteiger partial charge in [0.05, 0.1) is 25.3 Å². The van der Waals surface area contributed by atoms with Gasteiger partial charge in [0.1, 0.15) is 11.6 Å². The Balaban J connectivity index is 1.28. The summed E-state index contributed by atoms with van der Waals surface area (Å²) in [5, 5.41) is 7.85. The first-order chi connectivity index (χ1) is 15.3. The number of likely N-dealkylation sites (tertiary alicyclic amines) is 1. The van der Waals surface area contributed by atoms with Crippen LogP contribution in [-0.4, -0.2) is 69.0 Å². The molecule has 10 heteroatoms. The Labute approximate surface area is 183 Å². The molecule has 1 unspecified atom stereocenters. The summed E-state index contributed by atoms with van der Waals surface area (Å²) in [6.45, 7) is 1.25. The lowest BCUT2D eigenvalue weighted by Gasteiger charge is -2.35. The van der Waals surface area contributed by atoms with Crippen LogP contribution in [0.1, 0.15) is 22.6 Å². The highest BCUT2D eigenvalue weighted by Crippen LogP contribution is 2.33. The standard InChI is InChI=1S/C22H24F2N6O2/c1-28-7-6-16(22(23,24)13-28)20(31)26-19-11-15-12-29(8-9-30(15)27-19)21(32)18-10-14-4-2-3-5-17(14)25-18/h2-5,10-11,16,25H,6-9,12-13H2,1H3,(H,26,27,31). The minimum Gasteiger partial charge on any atom is -0.351 e. The van der Waals surface area contributed by atoms with E-state index in [0.717, 1.165) is 16.6 Å². The van der Waals surface area contributed by atoms with Gasteiger partial charge in [-0.1, -0.05) is 18.2 Å². The number of benzene rings is 1. The average molecular weight is 442 g/mol. The Morgan fingerprint density at radius 3 is 2.78 bits per heavy atom. The van der Waals surface area contributed by atoms with E-state index in [9.17, 15) is 18.4 Å². The minimum absolute atomic E-state index is 0.0929. The Hall–Kier alpha value is -3.27. The fraction of sp³-hybridized carbons (Fsp3) is 0.409. The van der Waals surface area contributed by atoms with Crippen LogP contribution in [0.15, 0.2) is 36.4 Å². The fourth-order valence-corrected chi connectivity index (χ4v) is 4.51. The van der Waals surface area contributed by atoms with Gasteiger partial charge >= 0.3 is 0 Å². The number of aromatic nitrogens is 3. The molecule has 1 saturated heterocycles. The molecule has 168 valence electrons. The first-order valence-corrected chi connectivity index (χ1v) is 10.6. The van der Waals surface area contributed by atoms with E-state index in [1.54, 1.807) is 22.7 Å².